The number of nitrogens with two attached hydrogens (primary N) is 1. The zero-order chi connectivity index (χ0) is 17.5. The molecule has 1 aromatic heterocycles. The first-order valence-electron chi connectivity index (χ1n) is 7.82. The minimum absolute atomic E-state index is 0.0205. The topological polar surface area (TPSA) is 97.1 Å². The van der Waals surface area contributed by atoms with Gasteiger partial charge in [-0.1, -0.05) is 26.0 Å². The standard InChI is InChI=1S/C17H22N4O2S/c1-11(2)16(22)20-13-5-3-12(4-6-13)9-19-17(23)14-10-24-15(21-14)7-8-18/h3-6,10-11H,7-9,18H2,1-2H3,(H,19,23)(H,20,22). The summed E-state index contributed by atoms with van der Waals surface area (Å²) in [6.07, 6.45) is 0.682. The molecule has 4 N–H and O–H groups in total. The van der Waals surface area contributed by atoms with Crippen molar-refractivity contribution in [3.05, 3.63) is 45.9 Å². The van der Waals surface area contributed by atoms with Crippen molar-refractivity contribution in [3.63, 3.8) is 0 Å². The zero-order valence-electron chi connectivity index (χ0n) is 13.8. The van der Waals surface area contributed by atoms with Crippen molar-refractivity contribution in [3.8, 4) is 0 Å². The van der Waals surface area contributed by atoms with Gasteiger partial charge < -0.3 is 16.4 Å². The molecular formula is C17H22N4O2S. The van der Waals surface area contributed by atoms with E-state index in [0.717, 1.165) is 16.3 Å². The maximum absolute atomic E-state index is 12.1. The summed E-state index contributed by atoms with van der Waals surface area (Å²) in [5, 5.41) is 8.27. The van der Waals surface area contributed by atoms with E-state index in [0.29, 0.717) is 25.2 Å². The molecule has 2 rings (SSSR count). The van der Waals surface area contributed by atoms with E-state index in [1.165, 1.54) is 11.3 Å². The van der Waals surface area contributed by atoms with Crippen molar-refractivity contribution in [2.75, 3.05) is 11.9 Å². The van der Waals surface area contributed by atoms with Crippen molar-refractivity contribution in [1.29, 1.82) is 0 Å². The highest BCUT2D eigenvalue weighted by molar-refractivity contribution is 7.09. The highest BCUT2D eigenvalue weighted by atomic mass is 32.1. The van der Waals surface area contributed by atoms with Crippen LogP contribution in [0.1, 0.15) is 34.9 Å². The van der Waals surface area contributed by atoms with Crippen molar-refractivity contribution in [1.82, 2.24) is 10.3 Å². The number of aromatic nitrogens is 1. The molecule has 1 heterocycles. The highest BCUT2D eigenvalue weighted by Crippen LogP contribution is 2.12. The van der Waals surface area contributed by atoms with Crippen LogP contribution in [-0.4, -0.2) is 23.3 Å². The predicted molar refractivity (Wildman–Crippen MR) is 96.0 cm³/mol. The molecular weight excluding hydrogens is 324 g/mol. The summed E-state index contributed by atoms with van der Waals surface area (Å²) in [5.74, 6) is -0.286. The minimum atomic E-state index is -0.202. The molecule has 0 radical (unpaired) electrons. The normalized spacial score (nSPS) is 10.7. The lowest BCUT2D eigenvalue weighted by atomic mass is 10.1. The highest BCUT2D eigenvalue weighted by Gasteiger charge is 2.10. The summed E-state index contributed by atoms with van der Waals surface area (Å²) in [6, 6.07) is 7.39. The molecule has 128 valence electrons. The molecule has 7 heteroatoms. The average molecular weight is 346 g/mol. The van der Waals surface area contributed by atoms with E-state index in [-0.39, 0.29) is 17.7 Å². The molecule has 1 aromatic carbocycles. The Kier molecular flexibility index (Phi) is 6.45. The SMILES string of the molecule is CC(C)C(=O)Nc1ccc(CNC(=O)c2csc(CCN)n2)cc1. The number of amides is 2. The summed E-state index contributed by atoms with van der Waals surface area (Å²) in [7, 11) is 0. The number of benzene rings is 1. The van der Waals surface area contributed by atoms with Gasteiger partial charge >= 0.3 is 0 Å². The zero-order valence-corrected chi connectivity index (χ0v) is 14.7. The van der Waals surface area contributed by atoms with Crippen LogP contribution >= 0.6 is 11.3 Å². The number of hydrogen-bond donors (Lipinski definition) is 3. The van der Waals surface area contributed by atoms with Crippen molar-refractivity contribution in [2.24, 2.45) is 11.7 Å². The molecule has 0 fully saturated rings. The molecule has 0 aliphatic carbocycles. The Balaban J connectivity index is 1.87. The van der Waals surface area contributed by atoms with Gasteiger partial charge in [-0.2, -0.15) is 0 Å². The lowest BCUT2D eigenvalue weighted by Crippen LogP contribution is -2.23. The summed E-state index contributed by atoms with van der Waals surface area (Å²) >= 11 is 1.44. The van der Waals surface area contributed by atoms with Gasteiger partial charge in [-0.3, -0.25) is 9.59 Å². The maximum atomic E-state index is 12.1. The van der Waals surface area contributed by atoms with Crippen LogP contribution in [0.15, 0.2) is 29.6 Å². The summed E-state index contributed by atoms with van der Waals surface area (Å²) in [4.78, 5) is 28.0. The molecule has 0 bridgehead atoms. The first kappa shape index (κ1) is 18.1. The van der Waals surface area contributed by atoms with E-state index >= 15 is 0 Å². The molecule has 0 unspecified atom stereocenters. The second kappa shape index (κ2) is 8.56. The Bertz CT molecular complexity index is 695. The fraction of sp³-hybridized carbons (Fsp3) is 0.353. The van der Waals surface area contributed by atoms with Crippen molar-refractivity contribution in [2.45, 2.75) is 26.8 Å². The smallest absolute Gasteiger partial charge is 0.271 e. The second-order valence-corrected chi connectivity index (χ2v) is 6.63. The van der Waals surface area contributed by atoms with E-state index in [4.69, 9.17) is 5.73 Å². The molecule has 0 atom stereocenters. The number of hydrogen-bond acceptors (Lipinski definition) is 5. The van der Waals surface area contributed by atoms with E-state index in [1.807, 2.05) is 38.1 Å². The van der Waals surface area contributed by atoms with Crippen LogP contribution in [0.25, 0.3) is 0 Å². The molecule has 0 aliphatic heterocycles. The Morgan fingerprint density at radius 1 is 1.25 bits per heavy atom. The second-order valence-electron chi connectivity index (χ2n) is 5.69. The van der Waals surface area contributed by atoms with Crippen LogP contribution in [0.4, 0.5) is 5.69 Å². The van der Waals surface area contributed by atoms with Crippen molar-refractivity contribution >= 4 is 28.8 Å². The van der Waals surface area contributed by atoms with Crippen LogP contribution in [0.3, 0.4) is 0 Å². The number of nitrogens with zero attached hydrogens (tertiary/aromatic N) is 1. The van der Waals surface area contributed by atoms with Gasteiger partial charge in [0.05, 0.1) is 5.01 Å². The molecule has 0 saturated heterocycles. The van der Waals surface area contributed by atoms with E-state index < -0.39 is 0 Å². The molecule has 2 aromatic rings. The van der Waals surface area contributed by atoms with Gasteiger partial charge in [-0.05, 0) is 24.2 Å². The lowest BCUT2D eigenvalue weighted by Gasteiger charge is -2.09. The number of anilines is 1. The lowest BCUT2D eigenvalue weighted by molar-refractivity contribution is -0.118. The maximum Gasteiger partial charge on any atom is 0.271 e. The molecule has 6 nitrogen and oxygen atoms in total. The molecule has 0 saturated carbocycles. The fourth-order valence-corrected chi connectivity index (χ4v) is 2.71. The summed E-state index contributed by atoms with van der Waals surface area (Å²) < 4.78 is 0. The van der Waals surface area contributed by atoms with Crippen LogP contribution in [0.5, 0.6) is 0 Å². The predicted octanol–water partition coefficient (Wildman–Crippen LogP) is 2.17. The van der Waals surface area contributed by atoms with E-state index in [9.17, 15) is 9.59 Å². The van der Waals surface area contributed by atoms with Gasteiger partial charge in [0.25, 0.3) is 5.91 Å². The number of nitrogens with one attached hydrogen (secondary N) is 2. The Hall–Kier alpha value is -2.25. The van der Waals surface area contributed by atoms with Crippen LogP contribution < -0.4 is 16.4 Å². The van der Waals surface area contributed by atoms with Gasteiger partial charge in [-0.25, -0.2) is 4.98 Å². The van der Waals surface area contributed by atoms with Crippen molar-refractivity contribution < 1.29 is 9.59 Å². The average Bonchev–Trinajstić information content (AvgIpc) is 3.03. The Labute approximate surface area is 145 Å². The first-order chi connectivity index (χ1) is 11.5. The minimum Gasteiger partial charge on any atom is -0.347 e. The molecule has 2 amide bonds. The Morgan fingerprint density at radius 2 is 1.96 bits per heavy atom. The summed E-state index contributed by atoms with van der Waals surface area (Å²) in [6.45, 7) is 4.61. The van der Waals surface area contributed by atoms with Gasteiger partial charge in [0.15, 0.2) is 0 Å². The molecule has 0 spiro atoms. The Morgan fingerprint density at radius 3 is 2.58 bits per heavy atom. The fourth-order valence-electron chi connectivity index (χ4n) is 1.92. The van der Waals surface area contributed by atoms with Crippen LogP contribution in [0.2, 0.25) is 0 Å². The third-order valence-corrected chi connectivity index (χ3v) is 4.25. The number of thiazole rings is 1. The third-order valence-electron chi connectivity index (χ3n) is 3.34. The first-order valence-corrected chi connectivity index (χ1v) is 8.70. The quantitative estimate of drug-likeness (QED) is 0.716. The molecule has 0 aliphatic rings. The van der Waals surface area contributed by atoms with Gasteiger partial charge in [0.1, 0.15) is 5.69 Å². The van der Waals surface area contributed by atoms with Gasteiger partial charge in [0.2, 0.25) is 5.91 Å². The largest absolute Gasteiger partial charge is 0.347 e. The van der Waals surface area contributed by atoms with Gasteiger partial charge in [0, 0.05) is 30.0 Å². The van der Waals surface area contributed by atoms with Crippen LogP contribution in [0, 0.1) is 5.92 Å². The number of rotatable bonds is 7. The van der Waals surface area contributed by atoms with Gasteiger partial charge in [-0.15, -0.1) is 11.3 Å². The number of carbonyl (C=O) groups is 2. The monoisotopic (exact) mass is 346 g/mol. The summed E-state index contributed by atoms with van der Waals surface area (Å²) in [5.41, 5.74) is 7.59. The number of carbonyl (C=O) groups excluding carboxylic acids is 2. The van der Waals surface area contributed by atoms with E-state index in [2.05, 4.69) is 15.6 Å². The third kappa shape index (κ3) is 5.14. The van der Waals surface area contributed by atoms with Crippen LogP contribution in [-0.2, 0) is 17.8 Å². The van der Waals surface area contributed by atoms with E-state index in [1.54, 1.807) is 5.38 Å². The molecule has 24 heavy (non-hydrogen) atoms.